The van der Waals surface area contributed by atoms with Gasteiger partial charge in [-0.1, -0.05) is 0 Å². The van der Waals surface area contributed by atoms with Gasteiger partial charge in [0.05, 0.1) is 13.6 Å². The van der Waals surface area contributed by atoms with Crippen LogP contribution < -0.4 is 0 Å². The molecule has 84 valence electrons. The summed E-state index contributed by atoms with van der Waals surface area (Å²) in [4.78, 5) is 2.39. The Hall–Kier alpha value is -0.745. The lowest BCUT2D eigenvalue weighted by Crippen LogP contribution is -2.25. The molecular formula is C7H15BF4N2. The van der Waals surface area contributed by atoms with Crippen molar-refractivity contribution in [2.75, 3.05) is 26.7 Å². The standard InChI is InChI=1S/C7H15N2.BF4/c1-4-9-6-5-8(3)7(9)2;2-1(3,4)5/h4-6H2,1-3H3;/q+1;-1. The summed E-state index contributed by atoms with van der Waals surface area (Å²) in [5.74, 6) is 1.41. The minimum atomic E-state index is -6.00. The molecule has 2 nitrogen and oxygen atoms in total. The van der Waals surface area contributed by atoms with Crippen LogP contribution in [-0.4, -0.2) is 49.2 Å². The molecule has 14 heavy (non-hydrogen) atoms. The highest BCUT2D eigenvalue weighted by Crippen LogP contribution is 2.06. The van der Waals surface area contributed by atoms with Crippen molar-refractivity contribution < 1.29 is 21.8 Å². The smallest absolute Gasteiger partial charge is 0.418 e. The van der Waals surface area contributed by atoms with Gasteiger partial charge in [-0.2, -0.15) is 0 Å². The SMILES string of the molecule is CCN1CC[N+](C)=C1C.F[B-](F)(F)F. The highest BCUT2D eigenvalue weighted by molar-refractivity contribution is 6.50. The van der Waals surface area contributed by atoms with E-state index in [1.54, 1.807) is 0 Å². The highest BCUT2D eigenvalue weighted by atomic mass is 19.5. The summed E-state index contributed by atoms with van der Waals surface area (Å²) >= 11 is 0. The second kappa shape index (κ2) is 5.21. The van der Waals surface area contributed by atoms with Crippen LogP contribution >= 0.6 is 0 Å². The highest BCUT2D eigenvalue weighted by Gasteiger charge is 2.21. The predicted octanol–water partition coefficient (Wildman–Crippen LogP) is 1.68. The number of hydrogen-bond donors (Lipinski definition) is 0. The summed E-state index contributed by atoms with van der Waals surface area (Å²) in [7, 11) is -3.86. The summed E-state index contributed by atoms with van der Waals surface area (Å²) in [6.45, 7) is 7.92. The van der Waals surface area contributed by atoms with E-state index in [0.29, 0.717) is 0 Å². The van der Waals surface area contributed by atoms with Crippen molar-refractivity contribution >= 4 is 13.1 Å². The molecule has 0 aromatic carbocycles. The maximum absolute atomic E-state index is 9.75. The van der Waals surface area contributed by atoms with Gasteiger partial charge < -0.3 is 17.3 Å². The Morgan fingerprint density at radius 3 is 1.93 bits per heavy atom. The van der Waals surface area contributed by atoms with Gasteiger partial charge in [-0.25, -0.2) is 0 Å². The fraction of sp³-hybridized carbons (Fsp3) is 0.857. The van der Waals surface area contributed by atoms with Gasteiger partial charge in [0.15, 0.2) is 0 Å². The van der Waals surface area contributed by atoms with Crippen molar-refractivity contribution in [3.63, 3.8) is 0 Å². The van der Waals surface area contributed by atoms with E-state index in [0.717, 1.165) is 6.54 Å². The molecule has 0 bridgehead atoms. The minimum Gasteiger partial charge on any atom is -0.418 e. The lowest BCUT2D eigenvalue weighted by atomic mass is 10.3. The van der Waals surface area contributed by atoms with Gasteiger partial charge in [0.25, 0.3) is 0 Å². The molecular weight excluding hydrogens is 199 g/mol. The molecule has 0 saturated carbocycles. The molecule has 0 spiro atoms. The van der Waals surface area contributed by atoms with Crippen LogP contribution in [0.4, 0.5) is 17.3 Å². The van der Waals surface area contributed by atoms with Crippen molar-refractivity contribution in [3.8, 4) is 0 Å². The lowest BCUT2D eigenvalue weighted by Gasteiger charge is -2.04. The van der Waals surface area contributed by atoms with Crippen LogP contribution in [0.5, 0.6) is 0 Å². The van der Waals surface area contributed by atoms with Gasteiger partial charge in [0.2, 0.25) is 5.84 Å². The van der Waals surface area contributed by atoms with E-state index in [1.807, 2.05) is 0 Å². The van der Waals surface area contributed by atoms with E-state index < -0.39 is 7.25 Å². The van der Waals surface area contributed by atoms with Crippen LogP contribution in [0.1, 0.15) is 13.8 Å². The first-order chi connectivity index (χ1) is 6.25. The Morgan fingerprint density at radius 2 is 1.79 bits per heavy atom. The van der Waals surface area contributed by atoms with Crippen LogP contribution in [0.25, 0.3) is 0 Å². The number of likely N-dealkylation sites (N-methyl/N-ethyl adjacent to an activating group) is 2. The molecule has 7 heteroatoms. The van der Waals surface area contributed by atoms with Crippen LogP contribution in [0.15, 0.2) is 0 Å². The fourth-order valence-electron chi connectivity index (χ4n) is 1.22. The maximum atomic E-state index is 9.75. The normalized spacial score (nSPS) is 16.9. The van der Waals surface area contributed by atoms with Gasteiger partial charge in [-0.15, -0.1) is 0 Å². The zero-order valence-corrected chi connectivity index (χ0v) is 8.60. The average Bonchev–Trinajstić information content (AvgIpc) is 2.30. The molecule has 1 aliphatic rings. The van der Waals surface area contributed by atoms with Crippen molar-refractivity contribution in [3.05, 3.63) is 0 Å². The first-order valence-corrected chi connectivity index (χ1v) is 4.42. The Kier molecular flexibility index (Phi) is 4.94. The second-order valence-corrected chi connectivity index (χ2v) is 3.04. The molecule has 0 aliphatic carbocycles. The molecule has 0 unspecified atom stereocenters. The zero-order valence-electron chi connectivity index (χ0n) is 8.60. The Bertz CT molecular complexity index is 208. The molecule has 0 atom stereocenters. The molecule has 1 aliphatic heterocycles. The number of rotatable bonds is 1. The van der Waals surface area contributed by atoms with Gasteiger partial charge in [0.1, 0.15) is 13.1 Å². The molecule has 0 aromatic heterocycles. The van der Waals surface area contributed by atoms with E-state index in [-0.39, 0.29) is 0 Å². The third-order valence-electron chi connectivity index (χ3n) is 2.10. The molecule has 1 rings (SSSR count). The van der Waals surface area contributed by atoms with E-state index in [2.05, 4.69) is 30.4 Å². The molecule has 0 N–H and O–H groups in total. The number of hydrogen-bond acceptors (Lipinski definition) is 1. The lowest BCUT2D eigenvalue weighted by molar-refractivity contribution is -0.487. The molecule has 1 heterocycles. The third kappa shape index (κ3) is 5.82. The summed E-state index contributed by atoms with van der Waals surface area (Å²) < 4.78 is 41.3. The number of halogens is 4. The third-order valence-corrected chi connectivity index (χ3v) is 2.10. The molecule has 0 saturated heterocycles. The summed E-state index contributed by atoms with van der Waals surface area (Å²) in [6, 6.07) is 0. The second-order valence-electron chi connectivity index (χ2n) is 3.04. The number of amidine groups is 1. The summed E-state index contributed by atoms with van der Waals surface area (Å²) in [5.41, 5.74) is 0. The van der Waals surface area contributed by atoms with Crippen molar-refractivity contribution in [2.45, 2.75) is 13.8 Å². The fourth-order valence-corrected chi connectivity index (χ4v) is 1.22. The molecule has 0 aromatic rings. The minimum absolute atomic E-state index is 1.15. The Labute approximate surface area is 81.3 Å². The summed E-state index contributed by atoms with van der Waals surface area (Å²) in [5, 5.41) is 0. The molecule has 0 fully saturated rings. The van der Waals surface area contributed by atoms with Gasteiger partial charge in [-0.3, -0.25) is 9.48 Å². The predicted molar refractivity (Wildman–Crippen MR) is 49.2 cm³/mol. The Morgan fingerprint density at radius 1 is 1.36 bits per heavy atom. The van der Waals surface area contributed by atoms with E-state index in [1.165, 1.54) is 18.9 Å². The van der Waals surface area contributed by atoms with Crippen molar-refractivity contribution in [2.24, 2.45) is 0 Å². The zero-order chi connectivity index (χ0) is 11.4. The van der Waals surface area contributed by atoms with Crippen molar-refractivity contribution in [1.82, 2.24) is 4.90 Å². The average molecular weight is 214 g/mol. The van der Waals surface area contributed by atoms with E-state index in [4.69, 9.17) is 0 Å². The monoisotopic (exact) mass is 214 g/mol. The van der Waals surface area contributed by atoms with E-state index in [9.17, 15) is 17.3 Å². The van der Waals surface area contributed by atoms with Crippen LogP contribution in [0.3, 0.4) is 0 Å². The van der Waals surface area contributed by atoms with Crippen LogP contribution in [-0.2, 0) is 0 Å². The Balaban J connectivity index is 0.000000292. The van der Waals surface area contributed by atoms with E-state index >= 15 is 0 Å². The van der Waals surface area contributed by atoms with Gasteiger partial charge >= 0.3 is 7.25 Å². The van der Waals surface area contributed by atoms with Crippen LogP contribution in [0, 0.1) is 0 Å². The summed E-state index contributed by atoms with van der Waals surface area (Å²) in [6.07, 6.45) is 0. The molecule has 0 amide bonds. The topological polar surface area (TPSA) is 6.25 Å². The largest absolute Gasteiger partial charge is 0.673 e. The van der Waals surface area contributed by atoms with Gasteiger partial charge in [0, 0.05) is 6.92 Å². The first-order valence-electron chi connectivity index (χ1n) is 4.42. The van der Waals surface area contributed by atoms with Crippen LogP contribution in [0.2, 0.25) is 0 Å². The van der Waals surface area contributed by atoms with Crippen molar-refractivity contribution in [1.29, 1.82) is 0 Å². The number of nitrogens with zero attached hydrogens (tertiary/aromatic N) is 2. The first kappa shape index (κ1) is 13.3. The maximum Gasteiger partial charge on any atom is 0.673 e. The van der Waals surface area contributed by atoms with Gasteiger partial charge in [-0.05, 0) is 6.92 Å². The quantitative estimate of drug-likeness (QED) is 0.365. The molecule has 0 radical (unpaired) electrons.